The van der Waals surface area contributed by atoms with Crippen molar-refractivity contribution in [1.82, 2.24) is 4.90 Å². The number of rotatable bonds is 8. The van der Waals surface area contributed by atoms with Crippen LogP contribution >= 0.6 is 0 Å². The number of carbonyl (C=O) groups is 4. The van der Waals surface area contributed by atoms with Crippen molar-refractivity contribution in [1.29, 1.82) is 0 Å². The lowest BCUT2D eigenvalue weighted by Crippen LogP contribution is -2.35. The summed E-state index contributed by atoms with van der Waals surface area (Å²) in [5, 5.41) is 2.81. The smallest absolute Gasteiger partial charge is 0.256 e. The van der Waals surface area contributed by atoms with E-state index in [1.807, 2.05) is 11.1 Å². The molecule has 1 fully saturated rings. The molecule has 1 N–H and O–H groups in total. The molecular weight excluding hydrogens is 522 g/mol. The zero-order chi connectivity index (χ0) is 28.5. The second-order valence-electron chi connectivity index (χ2n) is 10.3. The Hall–Kier alpha value is -4.79. The minimum atomic E-state index is -0.277. The highest BCUT2D eigenvalue weighted by Crippen LogP contribution is 2.38. The summed E-state index contributed by atoms with van der Waals surface area (Å²) in [6.45, 7) is 1.05. The number of anilines is 1. The molecular formula is C32H29N3O6. The standard InChI is InChI=1S/C32H29N3O6/c1-40-26-16-23-25(33-18-19-8-7-14-35(19)32(23)39)17-27(26)41-15-5-4-13-28(36)34-24-12-6-11-22-29(24)31(38)21-10-3-2-9-20(21)30(22)37/h2-3,6,9-12,16-19H,4-5,7-8,13-15H2,1H3,(H,34,36). The first-order valence-electron chi connectivity index (χ1n) is 13.8. The number of carbonyl (C=O) groups excluding carboxylic acids is 4. The Morgan fingerprint density at radius 1 is 0.951 bits per heavy atom. The molecule has 2 aliphatic heterocycles. The molecule has 2 amide bonds. The fourth-order valence-corrected chi connectivity index (χ4v) is 5.65. The predicted octanol–water partition coefficient (Wildman–Crippen LogP) is 4.98. The van der Waals surface area contributed by atoms with Crippen molar-refractivity contribution in [2.24, 2.45) is 4.99 Å². The summed E-state index contributed by atoms with van der Waals surface area (Å²) >= 11 is 0. The maximum atomic E-state index is 13.2. The highest BCUT2D eigenvalue weighted by molar-refractivity contribution is 6.30. The van der Waals surface area contributed by atoms with Gasteiger partial charge in [0.1, 0.15) is 0 Å². The van der Waals surface area contributed by atoms with E-state index in [1.54, 1.807) is 54.6 Å². The van der Waals surface area contributed by atoms with Crippen molar-refractivity contribution in [2.45, 2.75) is 38.1 Å². The highest BCUT2D eigenvalue weighted by Gasteiger charge is 2.33. The molecule has 1 atom stereocenters. The number of methoxy groups -OCH3 is 1. The van der Waals surface area contributed by atoms with Crippen LogP contribution < -0.4 is 14.8 Å². The van der Waals surface area contributed by atoms with Gasteiger partial charge in [-0.3, -0.25) is 24.2 Å². The second-order valence-corrected chi connectivity index (χ2v) is 10.3. The summed E-state index contributed by atoms with van der Waals surface area (Å²) < 4.78 is 11.5. The van der Waals surface area contributed by atoms with E-state index in [4.69, 9.17) is 9.47 Å². The van der Waals surface area contributed by atoms with E-state index in [0.29, 0.717) is 64.6 Å². The van der Waals surface area contributed by atoms with Crippen molar-refractivity contribution in [3.05, 3.63) is 82.4 Å². The summed E-state index contributed by atoms with van der Waals surface area (Å²) in [5.74, 6) is 0.131. The van der Waals surface area contributed by atoms with Gasteiger partial charge in [-0.15, -0.1) is 0 Å². The third-order valence-electron chi connectivity index (χ3n) is 7.74. The molecule has 41 heavy (non-hydrogen) atoms. The van der Waals surface area contributed by atoms with Gasteiger partial charge >= 0.3 is 0 Å². The minimum Gasteiger partial charge on any atom is -0.493 e. The maximum Gasteiger partial charge on any atom is 0.256 e. The van der Waals surface area contributed by atoms with E-state index in [9.17, 15) is 19.2 Å². The van der Waals surface area contributed by atoms with E-state index >= 15 is 0 Å². The van der Waals surface area contributed by atoms with Gasteiger partial charge in [-0.2, -0.15) is 0 Å². The lowest BCUT2D eigenvalue weighted by molar-refractivity contribution is -0.116. The van der Waals surface area contributed by atoms with Crippen LogP contribution in [0.2, 0.25) is 0 Å². The third kappa shape index (κ3) is 4.88. The van der Waals surface area contributed by atoms with Crippen LogP contribution in [0, 0.1) is 0 Å². The molecule has 9 nitrogen and oxygen atoms in total. The Kier molecular flexibility index (Phi) is 7.09. The molecule has 3 aromatic rings. The fraction of sp³-hybridized carbons (Fsp3) is 0.281. The van der Waals surface area contributed by atoms with E-state index in [2.05, 4.69) is 10.3 Å². The summed E-state index contributed by atoms with van der Waals surface area (Å²) in [7, 11) is 1.53. The topological polar surface area (TPSA) is 114 Å². The van der Waals surface area contributed by atoms with Gasteiger partial charge in [0.2, 0.25) is 5.91 Å². The Labute approximate surface area is 237 Å². The van der Waals surface area contributed by atoms with Gasteiger partial charge in [-0.05, 0) is 37.8 Å². The van der Waals surface area contributed by atoms with Crippen LogP contribution in [0.4, 0.5) is 11.4 Å². The largest absolute Gasteiger partial charge is 0.493 e. The van der Waals surface area contributed by atoms with Gasteiger partial charge in [0.15, 0.2) is 23.1 Å². The van der Waals surface area contributed by atoms with E-state index in [1.165, 1.54) is 7.11 Å². The Bertz CT molecular complexity index is 1610. The van der Waals surface area contributed by atoms with Crippen molar-refractivity contribution in [3.63, 3.8) is 0 Å². The Balaban J connectivity index is 1.06. The summed E-state index contributed by atoms with van der Waals surface area (Å²) in [4.78, 5) is 58.3. The normalized spacial score (nSPS) is 16.9. The van der Waals surface area contributed by atoms with Gasteiger partial charge in [-0.1, -0.05) is 36.4 Å². The molecule has 9 heteroatoms. The Morgan fingerprint density at radius 3 is 2.54 bits per heavy atom. The molecule has 3 aliphatic rings. The lowest BCUT2D eigenvalue weighted by Gasteiger charge is -2.20. The lowest BCUT2D eigenvalue weighted by atomic mass is 9.83. The maximum absolute atomic E-state index is 13.2. The molecule has 1 aliphatic carbocycles. The van der Waals surface area contributed by atoms with E-state index in [-0.39, 0.29) is 41.4 Å². The number of ketones is 2. The molecule has 208 valence electrons. The average Bonchev–Trinajstić information content (AvgIpc) is 3.42. The molecule has 0 aromatic heterocycles. The highest BCUT2D eigenvalue weighted by atomic mass is 16.5. The van der Waals surface area contributed by atoms with Gasteiger partial charge < -0.3 is 19.7 Å². The number of hydrogen-bond donors (Lipinski definition) is 1. The molecule has 3 aromatic carbocycles. The van der Waals surface area contributed by atoms with Gasteiger partial charge in [0.05, 0.1) is 42.3 Å². The number of ether oxygens (including phenoxy) is 2. The number of benzene rings is 3. The monoisotopic (exact) mass is 551 g/mol. The number of hydrogen-bond acceptors (Lipinski definition) is 7. The quantitative estimate of drug-likeness (QED) is 0.309. The molecule has 0 spiro atoms. The van der Waals surface area contributed by atoms with Crippen molar-refractivity contribution in [2.75, 3.05) is 25.6 Å². The molecule has 0 saturated carbocycles. The van der Waals surface area contributed by atoms with Gasteiger partial charge in [0.25, 0.3) is 5.91 Å². The number of fused-ring (bicyclic) bond motifs is 4. The number of aliphatic imine (C=N–C) groups is 1. The molecule has 2 heterocycles. The SMILES string of the molecule is COc1cc2c(cc1OCCCCC(=O)Nc1cccc3c1C(=O)c1ccccc1C3=O)N=CC1CCCN1C2=O. The molecule has 1 unspecified atom stereocenters. The van der Waals surface area contributed by atoms with Gasteiger partial charge in [-0.25, -0.2) is 0 Å². The Morgan fingerprint density at radius 2 is 1.73 bits per heavy atom. The zero-order valence-corrected chi connectivity index (χ0v) is 22.6. The van der Waals surface area contributed by atoms with Crippen LogP contribution in [0.1, 0.15) is 74.3 Å². The number of amides is 2. The summed E-state index contributed by atoms with van der Waals surface area (Å²) in [6, 6.07) is 15.1. The first-order valence-corrected chi connectivity index (χ1v) is 13.8. The van der Waals surface area contributed by atoms with Crippen molar-refractivity contribution in [3.8, 4) is 11.5 Å². The summed E-state index contributed by atoms with van der Waals surface area (Å²) in [6.07, 6.45) is 5.04. The number of unbranched alkanes of at least 4 members (excludes halogenated alkanes) is 1. The first-order chi connectivity index (χ1) is 20.0. The third-order valence-corrected chi connectivity index (χ3v) is 7.74. The summed E-state index contributed by atoms with van der Waals surface area (Å²) in [5.41, 5.74) is 2.62. The molecule has 0 radical (unpaired) electrons. The van der Waals surface area contributed by atoms with E-state index < -0.39 is 0 Å². The van der Waals surface area contributed by atoms with Crippen LogP contribution in [0.25, 0.3) is 0 Å². The zero-order valence-electron chi connectivity index (χ0n) is 22.6. The van der Waals surface area contributed by atoms with Gasteiger partial charge in [0, 0.05) is 41.9 Å². The van der Waals surface area contributed by atoms with Crippen LogP contribution in [0.3, 0.4) is 0 Å². The minimum absolute atomic E-state index is 0.0206. The molecule has 0 bridgehead atoms. The molecule has 1 saturated heterocycles. The molecule has 6 rings (SSSR count). The van der Waals surface area contributed by atoms with Crippen LogP contribution in [-0.2, 0) is 4.79 Å². The van der Waals surface area contributed by atoms with Crippen molar-refractivity contribution >= 4 is 41.0 Å². The van der Waals surface area contributed by atoms with E-state index in [0.717, 1.165) is 19.4 Å². The number of nitrogens with one attached hydrogen (secondary N) is 1. The first kappa shape index (κ1) is 26.4. The van der Waals surface area contributed by atoms with Crippen LogP contribution in [0.5, 0.6) is 11.5 Å². The van der Waals surface area contributed by atoms with Crippen LogP contribution in [0.15, 0.2) is 59.6 Å². The number of nitrogens with zero attached hydrogens (tertiary/aromatic N) is 2. The fourth-order valence-electron chi connectivity index (χ4n) is 5.65. The van der Waals surface area contributed by atoms with Crippen molar-refractivity contribution < 1.29 is 28.7 Å². The second kappa shape index (κ2) is 11.0. The average molecular weight is 552 g/mol. The van der Waals surface area contributed by atoms with Crippen LogP contribution in [-0.4, -0.2) is 60.8 Å². The predicted molar refractivity (Wildman–Crippen MR) is 153 cm³/mol.